The molecule has 1 saturated carbocycles. The van der Waals surface area contributed by atoms with Gasteiger partial charge in [0.05, 0.1) is 5.69 Å². The number of aromatic nitrogens is 1. The first kappa shape index (κ1) is 17.0. The van der Waals surface area contributed by atoms with Crippen molar-refractivity contribution in [2.45, 2.75) is 84.6 Å². The van der Waals surface area contributed by atoms with Crippen molar-refractivity contribution in [1.29, 1.82) is 0 Å². The Hall–Kier alpha value is -1.32. The number of nitrogens with one attached hydrogen (secondary N) is 1. The van der Waals surface area contributed by atoms with E-state index >= 15 is 0 Å². The molecule has 1 fully saturated rings. The fourth-order valence-electron chi connectivity index (χ4n) is 3.02. The summed E-state index contributed by atoms with van der Waals surface area (Å²) in [7, 11) is 0. The zero-order chi connectivity index (χ0) is 16.3. The molecule has 1 aromatic rings. The number of nitrogens with zero attached hydrogens (tertiary/aromatic N) is 1. The highest BCUT2D eigenvalue weighted by atomic mass is 16.4. The van der Waals surface area contributed by atoms with Gasteiger partial charge in [-0.05, 0) is 25.7 Å². The lowest BCUT2D eigenvalue weighted by Gasteiger charge is -2.29. The largest absolute Gasteiger partial charge is 0.445 e. The van der Waals surface area contributed by atoms with E-state index in [2.05, 4.69) is 38.0 Å². The van der Waals surface area contributed by atoms with Crippen molar-refractivity contribution in [3.05, 3.63) is 17.3 Å². The molecule has 0 aromatic carbocycles. The molecule has 0 spiro atoms. The lowest BCUT2D eigenvalue weighted by atomic mass is 9.86. The van der Waals surface area contributed by atoms with E-state index in [-0.39, 0.29) is 11.3 Å². The normalized spacial score (nSPS) is 22.6. The number of aryl methyl sites for hydroxylation is 2. The highest BCUT2D eigenvalue weighted by molar-refractivity contribution is 5.76. The van der Waals surface area contributed by atoms with Gasteiger partial charge in [-0.1, -0.05) is 40.5 Å². The van der Waals surface area contributed by atoms with E-state index in [0.717, 1.165) is 23.8 Å². The van der Waals surface area contributed by atoms with Crippen molar-refractivity contribution in [2.75, 3.05) is 0 Å². The highest BCUT2D eigenvalue weighted by Gasteiger charge is 2.24. The average Bonchev–Trinajstić information content (AvgIpc) is 2.80. The Labute approximate surface area is 134 Å². The van der Waals surface area contributed by atoms with Crippen LogP contribution >= 0.6 is 0 Å². The second-order valence-corrected chi connectivity index (χ2v) is 7.71. The number of carbonyl (C=O) groups is 1. The van der Waals surface area contributed by atoms with E-state index in [1.54, 1.807) is 0 Å². The monoisotopic (exact) mass is 306 g/mol. The maximum atomic E-state index is 12.2. The molecule has 0 bridgehead atoms. The molecular formula is C18H30N2O2. The Balaban J connectivity index is 1.87. The first-order valence-corrected chi connectivity index (χ1v) is 8.53. The van der Waals surface area contributed by atoms with Crippen LogP contribution in [0, 0.1) is 12.8 Å². The van der Waals surface area contributed by atoms with Crippen LogP contribution in [-0.4, -0.2) is 16.9 Å². The summed E-state index contributed by atoms with van der Waals surface area (Å²) in [6.07, 6.45) is 5.96. The Morgan fingerprint density at radius 1 is 1.32 bits per heavy atom. The van der Waals surface area contributed by atoms with Crippen LogP contribution < -0.4 is 5.32 Å². The Kier molecular flexibility index (Phi) is 5.30. The van der Waals surface area contributed by atoms with E-state index in [9.17, 15) is 4.79 Å². The molecule has 0 aliphatic heterocycles. The minimum Gasteiger partial charge on any atom is -0.445 e. The quantitative estimate of drug-likeness (QED) is 0.917. The maximum absolute atomic E-state index is 12.2. The Morgan fingerprint density at radius 3 is 2.59 bits per heavy atom. The molecule has 1 amide bonds. The molecule has 4 nitrogen and oxygen atoms in total. The summed E-state index contributed by atoms with van der Waals surface area (Å²) in [6.45, 7) is 10.4. The second-order valence-electron chi connectivity index (χ2n) is 7.71. The standard InChI is InChI=1S/C18H30N2O2/c1-12-8-6-7-9-14(12)20-16(21)11-10-15-13(2)19-17(22-15)18(3,4)5/h12,14H,6-11H2,1-5H3,(H,20,21). The second kappa shape index (κ2) is 6.84. The molecule has 1 aromatic heterocycles. The summed E-state index contributed by atoms with van der Waals surface area (Å²) < 4.78 is 5.85. The van der Waals surface area contributed by atoms with Crippen molar-refractivity contribution in [3.8, 4) is 0 Å². The van der Waals surface area contributed by atoms with Crippen LogP contribution in [0.3, 0.4) is 0 Å². The molecule has 1 aliphatic carbocycles. The van der Waals surface area contributed by atoms with Crippen LogP contribution in [0.25, 0.3) is 0 Å². The van der Waals surface area contributed by atoms with Crippen LogP contribution in [0.5, 0.6) is 0 Å². The molecule has 22 heavy (non-hydrogen) atoms. The van der Waals surface area contributed by atoms with Crippen LogP contribution in [0.15, 0.2) is 4.42 Å². The van der Waals surface area contributed by atoms with Gasteiger partial charge in [0.25, 0.3) is 0 Å². The topological polar surface area (TPSA) is 55.1 Å². The zero-order valence-electron chi connectivity index (χ0n) is 14.7. The van der Waals surface area contributed by atoms with Gasteiger partial charge in [0.2, 0.25) is 5.91 Å². The third kappa shape index (κ3) is 4.34. The van der Waals surface area contributed by atoms with E-state index in [1.807, 2.05) is 6.92 Å². The number of hydrogen-bond donors (Lipinski definition) is 1. The van der Waals surface area contributed by atoms with Crippen LogP contribution in [-0.2, 0) is 16.6 Å². The number of rotatable bonds is 4. The molecule has 0 radical (unpaired) electrons. The molecule has 124 valence electrons. The predicted octanol–water partition coefficient (Wildman–Crippen LogP) is 3.91. The van der Waals surface area contributed by atoms with Crippen molar-refractivity contribution >= 4 is 5.91 Å². The number of amides is 1. The molecule has 2 rings (SSSR count). The summed E-state index contributed by atoms with van der Waals surface area (Å²) in [5.74, 6) is 2.32. The summed E-state index contributed by atoms with van der Waals surface area (Å²) >= 11 is 0. The number of hydrogen-bond acceptors (Lipinski definition) is 3. The lowest BCUT2D eigenvalue weighted by Crippen LogP contribution is -2.41. The van der Waals surface area contributed by atoms with Crippen molar-refractivity contribution in [1.82, 2.24) is 10.3 Å². The first-order valence-electron chi connectivity index (χ1n) is 8.53. The van der Waals surface area contributed by atoms with Gasteiger partial charge in [0.1, 0.15) is 5.76 Å². The van der Waals surface area contributed by atoms with Crippen LogP contribution in [0.4, 0.5) is 0 Å². The molecule has 2 atom stereocenters. The fraction of sp³-hybridized carbons (Fsp3) is 0.778. The molecular weight excluding hydrogens is 276 g/mol. The van der Waals surface area contributed by atoms with Crippen molar-refractivity contribution in [2.24, 2.45) is 5.92 Å². The number of carbonyl (C=O) groups excluding carboxylic acids is 1. The average molecular weight is 306 g/mol. The molecule has 4 heteroatoms. The summed E-state index contributed by atoms with van der Waals surface area (Å²) in [5.41, 5.74) is 0.812. The minimum atomic E-state index is -0.0944. The van der Waals surface area contributed by atoms with Gasteiger partial charge in [0.15, 0.2) is 5.89 Å². The van der Waals surface area contributed by atoms with Crippen LogP contribution in [0.2, 0.25) is 0 Å². The van der Waals surface area contributed by atoms with Gasteiger partial charge >= 0.3 is 0 Å². The molecule has 1 aliphatic rings. The lowest BCUT2D eigenvalue weighted by molar-refractivity contribution is -0.122. The third-order valence-corrected chi connectivity index (χ3v) is 4.57. The smallest absolute Gasteiger partial charge is 0.220 e. The van der Waals surface area contributed by atoms with Gasteiger partial charge in [0, 0.05) is 24.3 Å². The predicted molar refractivity (Wildman–Crippen MR) is 87.8 cm³/mol. The summed E-state index contributed by atoms with van der Waals surface area (Å²) in [4.78, 5) is 16.7. The molecule has 1 heterocycles. The Bertz CT molecular complexity index is 514. The van der Waals surface area contributed by atoms with Crippen molar-refractivity contribution in [3.63, 3.8) is 0 Å². The number of oxazole rings is 1. The Morgan fingerprint density at radius 2 is 2.00 bits per heavy atom. The zero-order valence-corrected chi connectivity index (χ0v) is 14.7. The molecule has 0 saturated heterocycles. The highest BCUT2D eigenvalue weighted by Crippen LogP contribution is 2.25. The summed E-state index contributed by atoms with van der Waals surface area (Å²) in [6, 6.07) is 0.349. The third-order valence-electron chi connectivity index (χ3n) is 4.57. The van der Waals surface area contributed by atoms with Crippen molar-refractivity contribution < 1.29 is 9.21 Å². The maximum Gasteiger partial charge on any atom is 0.220 e. The fourth-order valence-corrected chi connectivity index (χ4v) is 3.02. The van der Waals surface area contributed by atoms with E-state index in [4.69, 9.17) is 4.42 Å². The van der Waals surface area contributed by atoms with Gasteiger partial charge in [-0.3, -0.25) is 4.79 Å². The van der Waals surface area contributed by atoms with Gasteiger partial charge in [-0.2, -0.15) is 0 Å². The van der Waals surface area contributed by atoms with E-state index < -0.39 is 0 Å². The first-order chi connectivity index (χ1) is 10.3. The van der Waals surface area contributed by atoms with Gasteiger partial charge in [-0.15, -0.1) is 0 Å². The molecule has 1 N–H and O–H groups in total. The minimum absolute atomic E-state index is 0.0944. The van der Waals surface area contributed by atoms with Gasteiger partial charge < -0.3 is 9.73 Å². The van der Waals surface area contributed by atoms with Crippen LogP contribution in [0.1, 0.15) is 77.1 Å². The molecule has 2 unspecified atom stereocenters. The van der Waals surface area contributed by atoms with Gasteiger partial charge in [-0.25, -0.2) is 4.98 Å². The van der Waals surface area contributed by atoms with E-state index in [1.165, 1.54) is 19.3 Å². The SMILES string of the molecule is Cc1nc(C(C)(C)C)oc1CCC(=O)NC1CCCCC1C. The summed E-state index contributed by atoms with van der Waals surface area (Å²) in [5, 5.41) is 3.19. The van der Waals surface area contributed by atoms with E-state index in [0.29, 0.717) is 24.8 Å².